The maximum Gasteiger partial charge on any atom is 0.254 e. The van der Waals surface area contributed by atoms with Crippen LogP contribution in [0.25, 0.3) is 0 Å². The molecule has 0 radical (unpaired) electrons. The van der Waals surface area contributed by atoms with Gasteiger partial charge in [-0.15, -0.1) is 0 Å². The predicted octanol–water partition coefficient (Wildman–Crippen LogP) is 3.85. The Hall–Kier alpha value is -2.14. The van der Waals surface area contributed by atoms with Crippen LogP contribution in [0.3, 0.4) is 0 Å². The first-order valence-corrected chi connectivity index (χ1v) is 12.8. The zero-order valence-electron chi connectivity index (χ0n) is 19.0. The molecule has 32 heavy (non-hydrogen) atoms. The van der Waals surface area contributed by atoms with Crippen LogP contribution in [0.4, 0.5) is 0 Å². The van der Waals surface area contributed by atoms with Gasteiger partial charge in [0.2, 0.25) is 0 Å². The lowest BCUT2D eigenvalue weighted by Gasteiger charge is -2.35. The normalized spacial score (nSPS) is 28.2. The van der Waals surface area contributed by atoms with Gasteiger partial charge in [0.15, 0.2) is 5.78 Å². The molecule has 5 heteroatoms. The lowest BCUT2D eigenvalue weighted by Crippen LogP contribution is -2.39. The van der Waals surface area contributed by atoms with E-state index >= 15 is 0 Å². The molecule has 0 bridgehead atoms. The van der Waals surface area contributed by atoms with Gasteiger partial charge in [0.1, 0.15) is 0 Å². The maximum absolute atomic E-state index is 13.3. The highest BCUT2D eigenvalue weighted by Crippen LogP contribution is 2.36. The van der Waals surface area contributed by atoms with Gasteiger partial charge in [-0.05, 0) is 67.4 Å². The van der Waals surface area contributed by atoms with Crippen LogP contribution in [-0.4, -0.2) is 53.7 Å². The van der Waals surface area contributed by atoms with Crippen LogP contribution in [0, 0.1) is 11.8 Å². The number of rotatable bonds is 4. The van der Waals surface area contributed by atoms with E-state index in [0.717, 1.165) is 62.6 Å². The van der Waals surface area contributed by atoms with Gasteiger partial charge in [0.05, 0.1) is 6.04 Å². The second-order valence-electron chi connectivity index (χ2n) is 10.7. The van der Waals surface area contributed by atoms with E-state index in [9.17, 15) is 9.59 Å². The van der Waals surface area contributed by atoms with E-state index in [1.807, 2.05) is 11.0 Å². The van der Waals surface area contributed by atoms with E-state index in [0.29, 0.717) is 11.7 Å². The summed E-state index contributed by atoms with van der Waals surface area (Å²) in [4.78, 5) is 31.1. The first-order valence-electron chi connectivity index (χ1n) is 12.8. The molecule has 0 aromatic heterocycles. The highest BCUT2D eigenvalue weighted by Gasteiger charge is 2.39. The quantitative estimate of drug-likeness (QED) is 0.784. The third-order valence-corrected chi connectivity index (χ3v) is 8.67. The fraction of sp³-hybridized carbons (Fsp3) is 0.630. The summed E-state index contributed by atoms with van der Waals surface area (Å²) in [7, 11) is 0. The van der Waals surface area contributed by atoms with Crippen molar-refractivity contribution in [1.29, 1.82) is 0 Å². The fourth-order valence-corrected chi connectivity index (χ4v) is 6.52. The predicted molar refractivity (Wildman–Crippen MR) is 124 cm³/mol. The third kappa shape index (κ3) is 3.59. The Morgan fingerprint density at radius 1 is 0.969 bits per heavy atom. The molecule has 2 atom stereocenters. The summed E-state index contributed by atoms with van der Waals surface area (Å²) in [6.45, 7) is 3.51. The zero-order chi connectivity index (χ0) is 21.7. The van der Waals surface area contributed by atoms with Gasteiger partial charge in [-0.2, -0.15) is 0 Å². The van der Waals surface area contributed by atoms with Crippen molar-refractivity contribution < 1.29 is 9.59 Å². The molecule has 2 unspecified atom stereocenters. The van der Waals surface area contributed by atoms with E-state index in [1.165, 1.54) is 49.7 Å². The number of carbonyl (C=O) groups is 2. The first-order chi connectivity index (χ1) is 15.7. The molecular weight excluding hydrogens is 398 g/mol. The number of hydrogen-bond donors (Lipinski definition) is 1. The van der Waals surface area contributed by atoms with E-state index in [-0.39, 0.29) is 17.9 Å². The summed E-state index contributed by atoms with van der Waals surface area (Å²) in [5.41, 5.74) is 4.50. The van der Waals surface area contributed by atoms with Gasteiger partial charge in [-0.3, -0.25) is 9.59 Å². The summed E-state index contributed by atoms with van der Waals surface area (Å²) in [5.74, 6) is 1.22. The molecule has 1 amide bonds. The van der Waals surface area contributed by atoms with Crippen LogP contribution in [0.1, 0.15) is 78.9 Å². The van der Waals surface area contributed by atoms with Crippen molar-refractivity contribution in [3.63, 3.8) is 0 Å². The van der Waals surface area contributed by atoms with Crippen LogP contribution < -0.4 is 5.32 Å². The molecule has 1 N–H and O–H groups in total. The zero-order valence-corrected chi connectivity index (χ0v) is 19.0. The van der Waals surface area contributed by atoms with Crippen molar-refractivity contribution in [3.05, 3.63) is 46.7 Å². The van der Waals surface area contributed by atoms with E-state index in [2.05, 4.69) is 28.5 Å². The van der Waals surface area contributed by atoms with Gasteiger partial charge >= 0.3 is 0 Å². The van der Waals surface area contributed by atoms with Crippen molar-refractivity contribution >= 4 is 11.7 Å². The maximum atomic E-state index is 13.3. The molecule has 1 saturated heterocycles. The van der Waals surface area contributed by atoms with Crippen molar-refractivity contribution in [1.82, 2.24) is 15.1 Å². The summed E-state index contributed by atoms with van der Waals surface area (Å²) in [6.07, 6.45) is 12.9. The van der Waals surface area contributed by atoms with Gasteiger partial charge in [0.25, 0.3) is 5.91 Å². The topological polar surface area (TPSA) is 52.7 Å². The number of nitrogens with one attached hydrogen (secondary N) is 1. The number of carbonyl (C=O) groups excluding carboxylic acids is 2. The number of nitrogens with zero attached hydrogens (tertiary/aromatic N) is 2. The molecule has 1 aromatic rings. The molecule has 5 aliphatic rings. The van der Waals surface area contributed by atoms with Crippen molar-refractivity contribution in [2.24, 2.45) is 11.8 Å². The largest absolute Gasteiger partial charge is 0.374 e. The summed E-state index contributed by atoms with van der Waals surface area (Å²) in [6, 6.07) is 6.63. The van der Waals surface area contributed by atoms with E-state index in [1.54, 1.807) is 0 Å². The molecule has 6 rings (SSSR count). The lowest BCUT2D eigenvalue weighted by atomic mass is 9.80. The van der Waals surface area contributed by atoms with Crippen molar-refractivity contribution in [3.8, 4) is 0 Å². The lowest BCUT2D eigenvalue weighted by molar-refractivity contribution is -0.126. The Balaban J connectivity index is 1.16. The highest BCUT2D eigenvalue weighted by molar-refractivity contribution is 5.95. The Morgan fingerprint density at radius 2 is 1.81 bits per heavy atom. The molecule has 5 nitrogen and oxygen atoms in total. The molecule has 2 saturated carbocycles. The van der Waals surface area contributed by atoms with E-state index in [4.69, 9.17) is 0 Å². The first kappa shape index (κ1) is 20.5. The van der Waals surface area contributed by atoms with Crippen LogP contribution in [0.15, 0.2) is 30.0 Å². The Morgan fingerprint density at radius 3 is 2.56 bits per heavy atom. The van der Waals surface area contributed by atoms with Crippen molar-refractivity contribution in [2.75, 3.05) is 26.2 Å². The van der Waals surface area contributed by atoms with Crippen LogP contribution in [0.2, 0.25) is 0 Å². The molecule has 0 spiro atoms. The molecule has 3 heterocycles. The highest BCUT2D eigenvalue weighted by atomic mass is 16.2. The standard InChI is InChI=1S/C27H35N3O2/c31-26(18-5-2-1-3-6-18)25-24-10-9-20(13-19(24)11-12-28-25)27(32)30-16-21-14-29(15-22(21)17-30)23-7-4-8-23/h9-10,13-14,18,22-23,25,28H,1-8,11-12,15-17H2. The number of benzene rings is 1. The average Bonchev–Trinajstić information content (AvgIpc) is 3.36. The molecular formula is C27H35N3O2. The van der Waals surface area contributed by atoms with Gasteiger partial charge in [-0.25, -0.2) is 0 Å². The smallest absolute Gasteiger partial charge is 0.254 e. The number of fused-ring (bicyclic) bond motifs is 2. The molecule has 170 valence electrons. The number of ketones is 1. The third-order valence-electron chi connectivity index (χ3n) is 8.67. The monoisotopic (exact) mass is 433 g/mol. The second-order valence-corrected chi connectivity index (χ2v) is 10.7. The molecule has 2 aliphatic carbocycles. The van der Waals surface area contributed by atoms with Crippen molar-refractivity contribution in [2.45, 2.75) is 69.9 Å². The number of hydrogen-bond acceptors (Lipinski definition) is 4. The minimum absolute atomic E-state index is 0.145. The van der Waals surface area contributed by atoms with Gasteiger partial charge in [-0.1, -0.05) is 25.3 Å². The van der Waals surface area contributed by atoms with Crippen LogP contribution in [-0.2, 0) is 11.2 Å². The number of amides is 1. The second kappa shape index (κ2) is 8.33. The minimum atomic E-state index is -0.195. The number of Topliss-reactive ketones (excluding diaryl/α,β-unsaturated/α-hetero) is 1. The van der Waals surface area contributed by atoms with Crippen LogP contribution in [0.5, 0.6) is 0 Å². The van der Waals surface area contributed by atoms with Crippen LogP contribution >= 0.6 is 0 Å². The summed E-state index contributed by atoms with van der Waals surface area (Å²) >= 11 is 0. The van der Waals surface area contributed by atoms with Gasteiger partial charge in [0, 0.05) is 55.8 Å². The summed E-state index contributed by atoms with van der Waals surface area (Å²) < 4.78 is 0. The SMILES string of the molecule is O=C(C1CCCCC1)C1NCCc2cc(C(=O)N3CC4=CN(C5CCC5)CC4C3)ccc21. The fourth-order valence-electron chi connectivity index (χ4n) is 6.52. The number of likely N-dealkylation sites (tertiary alicyclic amines) is 1. The average molecular weight is 434 g/mol. The Bertz CT molecular complexity index is 944. The molecule has 3 fully saturated rings. The van der Waals surface area contributed by atoms with Gasteiger partial charge < -0.3 is 15.1 Å². The Kier molecular flexibility index (Phi) is 5.33. The molecule has 1 aromatic carbocycles. The molecule has 3 aliphatic heterocycles. The minimum Gasteiger partial charge on any atom is -0.374 e. The van der Waals surface area contributed by atoms with E-state index < -0.39 is 0 Å². The summed E-state index contributed by atoms with van der Waals surface area (Å²) in [5, 5.41) is 3.47. The Labute approximate surface area is 191 Å².